The molecule has 0 aliphatic carbocycles. The minimum Gasteiger partial charge on any atom is -0.378 e. The zero-order valence-corrected chi connectivity index (χ0v) is 14.1. The molecule has 2 aliphatic rings. The lowest BCUT2D eigenvalue weighted by molar-refractivity contribution is -0.383. The van der Waals surface area contributed by atoms with Gasteiger partial charge in [-0.05, 0) is 19.9 Å². The number of nitrogen functional groups attached to an aromatic ring is 1. The molecule has 132 valence electrons. The number of anilines is 3. The van der Waals surface area contributed by atoms with E-state index in [0.717, 1.165) is 39.0 Å². The molecule has 0 atom stereocenters. The first kappa shape index (κ1) is 16.7. The van der Waals surface area contributed by atoms with Gasteiger partial charge in [0.1, 0.15) is 0 Å². The lowest BCUT2D eigenvalue weighted by Crippen LogP contribution is -2.45. The van der Waals surface area contributed by atoms with E-state index in [4.69, 9.17) is 5.73 Å². The van der Waals surface area contributed by atoms with Crippen LogP contribution in [0.1, 0.15) is 25.7 Å². The lowest BCUT2D eigenvalue weighted by atomic mass is 10.2. The van der Waals surface area contributed by atoms with Crippen LogP contribution in [0.2, 0.25) is 0 Å². The van der Waals surface area contributed by atoms with Crippen molar-refractivity contribution >= 4 is 23.3 Å². The molecule has 0 saturated carbocycles. The molecule has 2 aliphatic heterocycles. The highest BCUT2D eigenvalue weighted by Crippen LogP contribution is 2.33. The van der Waals surface area contributed by atoms with Crippen LogP contribution in [-0.2, 0) is 0 Å². The van der Waals surface area contributed by atoms with Crippen LogP contribution in [0.15, 0.2) is 0 Å². The van der Waals surface area contributed by atoms with E-state index in [2.05, 4.69) is 19.8 Å². The van der Waals surface area contributed by atoms with Gasteiger partial charge in [-0.25, -0.2) is 0 Å². The Morgan fingerprint density at radius 3 is 2.17 bits per heavy atom. The number of nitrogens with zero attached hydrogens (tertiary/aromatic N) is 6. The maximum atomic E-state index is 11.5. The van der Waals surface area contributed by atoms with E-state index in [1.807, 2.05) is 11.9 Å². The second kappa shape index (κ2) is 7.16. The van der Waals surface area contributed by atoms with E-state index in [0.29, 0.717) is 24.9 Å². The van der Waals surface area contributed by atoms with Gasteiger partial charge in [-0.1, -0.05) is 12.8 Å². The van der Waals surface area contributed by atoms with Gasteiger partial charge in [-0.15, -0.1) is 0 Å². The molecule has 3 heterocycles. The number of rotatable bonds is 3. The first-order chi connectivity index (χ1) is 11.6. The van der Waals surface area contributed by atoms with E-state index < -0.39 is 4.92 Å². The van der Waals surface area contributed by atoms with Crippen molar-refractivity contribution in [1.82, 2.24) is 14.9 Å². The third kappa shape index (κ3) is 3.50. The first-order valence-corrected chi connectivity index (χ1v) is 8.56. The standard InChI is InChI=1S/C15H25N7O2/c1-19-8-10-20(11-9-19)14-12(22(23)24)13(16)17-15(18-14)21-6-4-2-3-5-7-21/h2-11H2,1H3,(H2,16,17,18). The molecule has 9 heteroatoms. The molecule has 0 amide bonds. The Labute approximate surface area is 141 Å². The van der Waals surface area contributed by atoms with Crippen LogP contribution < -0.4 is 15.5 Å². The van der Waals surface area contributed by atoms with E-state index in [1.54, 1.807) is 0 Å². The van der Waals surface area contributed by atoms with Crippen LogP contribution in [0.3, 0.4) is 0 Å². The van der Waals surface area contributed by atoms with Crippen LogP contribution >= 0.6 is 0 Å². The summed E-state index contributed by atoms with van der Waals surface area (Å²) in [5, 5.41) is 11.5. The molecule has 9 nitrogen and oxygen atoms in total. The summed E-state index contributed by atoms with van der Waals surface area (Å²) >= 11 is 0. The Morgan fingerprint density at radius 1 is 0.958 bits per heavy atom. The molecule has 3 rings (SSSR count). The molecular weight excluding hydrogens is 310 g/mol. The van der Waals surface area contributed by atoms with Crippen molar-refractivity contribution in [2.24, 2.45) is 0 Å². The van der Waals surface area contributed by atoms with Gasteiger partial charge in [0.25, 0.3) is 0 Å². The van der Waals surface area contributed by atoms with Crippen LogP contribution in [0.5, 0.6) is 0 Å². The number of nitro groups is 1. The molecule has 2 saturated heterocycles. The fourth-order valence-corrected chi connectivity index (χ4v) is 3.27. The monoisotopic (exact) mass is 335 g/mol. The molecule has 1 aromatic rings. The van der Waals surface area contributed by atoms with Crippen molar-refractivity contribution in [1.29, 1.82) is 0 Å². The molecule has 0 bridgehead atoms. The molecule has 24 heavy (non-hydrogen) atoms. The summed E-state index contributed by atoms with van der Waals surface area (Å²) in [6, 6.07) is 0. The zero-order valence-electron chi connectivity index (χ0n) is 14.1. The van der Waals surface area contributed by atoms with Crippen LogP contribution in [0.25, 0.3) is 0 Å². The fourth-order valence-electron chi connectivity index (χ4n) is 3.27. The van der Waals surface area contributed by atoms with E-state index in [-0.39, 0.29) is 11.5 Å². The van der Waals surface area contributed by atoms with Gasteiger partial charge in [0.2, 0.25) is 17.6 Å². The van der Waals surface area contributed by atoms with Crippen LogP contribution in [-0.4, -0.2) is 66.1 Å². The smallest absolute Gasteiger partial charge is 0.353 e. The Kier molecular flexibility index (Phi) is 4.98. The van der Waals surface area contributed by atoms with Gasteiger partial charge >= 0.3 is 5.69 Å². The highest BCUT2D eigenvalue weighted by Gasteiger charge is 2.30. The Balaban J connectivity index is 1.95. The molecule has 0 radical (unpaired) electrons. The number of nitrogens with two attached hydrogens (primary N) is 1. The third-order valence-corrected chi connectivity index (χ3v) is 4.76. The molecule has 2 fully saturated rings. The number of likely N-dealkylation sites (N-methyl/N-ethyl adjacent to an activating group) is 1. The summed E-state index contributed by atoms with van der Waals surface area (Å²) in [4.78, 5) is 26.1. The minimum absolute atomic E-state index is 0.0387. The van der Waals surface area contributed by atoms with E-state index in [9.17, 15) is 10.1 Å². The fraction of sp³-hybridized carbons (Fsp3) is 0.733. The highest BCUT2D eigenvalue weighted by molar-refractivity contribution is 5.71. The predicted octanol–water partition coefficient (Wildman–Crippen LogP) is 1.10. The van der Waals surface area contributed by atoms with Crippen molar-refractivity contribution in [3.05, 3.63) is 10.1 Å². The topological polar surface area (TPSA) is 105 Å². The highest BCUT2D eigenvalue weighted by atomic mass is 16.6. The third-order valence-electron chi connectivity index (χ3n) is 4.76. The molecule has 0 aromatic carbocycles. The number of aromatic nitrogens is 2. The van der Waals surface area contributed by atoms with Gasteiger partial charge < -0.3 is 20.4 Å². The lowest BCUT2D eigenvalue weighted by Gasteiger charge is -2.33. The normalized spacial score (nSPS) is 20.0. The Bertz CT molecular complexity index is 594. The van der Waals surface area contributed by atoms with E-state index in [1.165, 1.54) is 12.8 Å². The average molecular weight is 335 g/mol. The summed E-state index contributed by atoms with van der Waals surface area (Å²) in [6.45, 7) is 4.85. The summed E-state index contributed by atoms with van der Waals surface area (Å²) in [6.07, 6.45) is 4.57. The summed E-state index contributed by atoms with van der Waals surface area (Å²) in [5.74, 6) is 0.844. The van der Waals surface area contributed by atoms with Gasteiger partial charge in [-0.3, -0.25) is 10.1 Å². The molecule has 0 unspecified atom stereocenters. The van der Waals surface area contributed by atoms with Gasteiger partial charge in [0.15, 0.2) is 0 Å². The summed E-state index contributed by atoms with van der Waals surface area (Å²) in [5.41, 5.74) is 5.78. The largest absolute Gasteiger partial charge is 0.378 e. The average Bonchev–Trinajstić information content (AvgIpc) is 2.83. The minimum atomic E-state index is -0.463. The maximum Gasteiger partial charge on any atom is 0.353 e. The van der Waals surface area contributed by atoms with Gasteiger partial charge in [-0.2, -0.15) is 9.97 Å². The van der Waals surface area contributed by atoms with Crippen molar-refractivity contribution in [2.45, 2.75) is 25.7 Å². The predicted molar refractivity (Wildman–Crippen MR) is 93.5 cm³/mol. The van der Waals surface area contributed by atoms with Gasteiger partial charge in [0, 0.05) is 39.3 Å². The maximum absolute atomic E-state index is 11.5. The first-order valence-electron chi connectivity index (χ1n) is 8.56. The summed E-state index contributed by atoms with van der Waals surface area (Å²) < 4.78 is 0. The SMILES string of the molecule is CN1CCN(c2nc(N3CCCCCC3)nc(N)c2[N+](=O)[O-])CC1. The quantitative estimate of drug-likeness (QED) is 0.647. The second-order valence-corrected chi connectivity index (χ2v) is 6.53. The van der Waals surface area contributed by atoms with Crippen molar-refractivity contribution in [3.8, 4) is 0 Å². The molecular formula is C15H25N7O2. The Hall–Kier alpha value is -2.16. The van der Waals surface area contributed by atoms with Crippen molar-refractivity contribution < 1.29 is 4.92 Å². The molecule has 2 N–H and O–H groups in total. The van der Waals surface area contributed by atoms with Crippen molar-refractivity contribution in [2.75, 3.05) is 61.8 Å². The van der Waals surface area contributed by atoms with Crippen LogP contribution in [0, 0.1) is 10.1 Å². The molecule has 0 spiro atoms. The van der Waals surface area contributed by atoms with E-state index >= 15 is 0 Å². The van der Waals surface area contributed by atoms with Gasteiger partial charge in [0.05, 0.1) is 4.92 Å². The number of piperazine rings is 1. The Morgan fingerprint density at radius 2 is 1.58 bits per heavy atom. The zero-order chi connectivity index (χ0) is 17.1. The molecule has 1 aromatic heterocycles. The second-order valence-electron chi connectivity index (χ2n) is 6.53. The summed E-state index contributed by atoms with van der Waals surface area (Å²) in [7, 11) is 2.04. The van der Waals surface area contributed by atoms with Crippen LogP contribution in [0.4, 0.5) is 23.3 Å². The number of hydrogen-bond acceptors (Lipinski definition) is 8. The number of hydrogen-bond donors (Lipinski definition) is 1. The van der Waals surface area contributed by atoms with Crippen molar-refractivity contribution in [3.63, 3.8) is 0 Å².